The number of carbonyl (C=O) groups excluding carboxylic acids is 1. The lowest BCUT2D eigenvalue weighted by molar-refractivity contribution is -0.125. The van der Waals surface area contributed by atoms with Crippen molar-refractivity contribution >= 4 is 5.91 Å². The van der Waals surface area contributed by atoms with Crippen LogP contribution in [0, 0.1) is 12.8 Å². The van der Waals surface area contributed by atoms with Gasteiger partial charge in [0.15, 0.2) is 0 Å². The van der Waals surface area contributed by atoms with Crippen LogP contribution >= 0.6 is 0 Å². The van der Waals surface area contributed by atoms with Gasteiger partial charge in [0.1, 0.15) is 0 Å². The van der Waals surface area contributed by atoms with E-state index in [0.717, 1.165) is 31.2 Å². The molecule has 0 aliphatic rings. The fourth-order valence-corrected chi connectivity index (χ4v) is 2.38. The first-order valence-electron chi connectivity index (χ1n) is 8.11. The maximum atomic E-state index is 12.2. The van der Waals surface area contributed by atoms with Gasteiger partial charge in [-0.3, -0.25) is 4.79 Å². The monoisotopic (exact) mass is 287 g/mol. The van der Waals surface area contributed by atoms with E-state index in [0.29, 0.717) is 6.54 Å². The molecule has 0 saturated carbocycles. The highest BCUT2D eigenvalue weighted by Gasteiger charge is 2.15. The Balaban J connectivity index is 2.31. The smallest absolute Gasteiger partial charge is 0.223 e. The molecule has 1 aromatic carbocycles. The molecule has 1 N–H and O–H groups in total. The molecule has 0 aliphatic carbocycles. The quantitative estimate of drug-likeness (QED) is 0.514. The molecule has 1 rings (SSSR count). The van der Waals surface area contributed by atoms with E-state index in [1.54, 1.807) is 0 Å². The molecule has 0 bridgehead atoms. The van der Waals surface area contributed by atoms with Crippen LogP contribution in [0.1, 0.15) is 57.1 Å². The SMILES string of the molecule is CC=CCCCCC(CC)C(=O)NCc1ccc(C)cc1. The summed E-state index contributed by atoms with van der Waals surface area (Å²) in [5.74, 6) is 0.352. The van der Waals surface area contributed by atoms with Crippen LogP contribution in [0.15, 0.2) is 36.4 Å². The fourth-order valence-electron chi connectivity index (χ4n) is 2.38. The van der Waals surface area contributed by atoms with Crippen LogP contribution in [-0.4, -0.2) is 5.91 Å². The van der Waals surface area contributed by atoms with E-state index in [1.807, 2.05) is 6.92 Å². The van der Waals surface area contributed by atoms with Crippen LogP contribution in [0.25, 0.3) is 0 Å². The summed E-state index contributed by atoms with van der Waals surface area (Å²) in [7, 11) is 0. The number of carbonyl (C=O) groups is 1. The van der Waals surface area contributed by atoms with Crippen molar-refractivity contribution in [3.05, 3.63) is 47.5 Å². The summed E-state index contributed by atoms with van der Waals surface area (Å²) in [6.45, 7) is 6.85. The third kappa shape index (κ3) is 7.12. The average Bonchev–Trinajstić information content (AvgIpc) is 2.50. The summed E-state index contributed by atoms with van der Waals surface area (Å²) in [6, 6.07) is 8.32. The second-order valence-electron chi connectivity index (χ2n) is 5.66. The number of aryl methyl sites for hydroxylation is 1. The highest BCUT2D eigenvalue weighted by Crippen LogP contribution is 2.14. The van der Waals surface area contributed by atoms with E-state index in [9.17, 15) is 4.79 Å². The molecule has 2 heteroatoms. The van der Waals surface area contributed by atoms with Crippen molar-refractivity contribution in [3.63, 3.8) is 0 Å². The summed E-state index contributed by atoms with van der Waals surface area (Å²) >= 11 is 0. The summed E-state index contributed by atoms with van der Waals surface area (Å²) in [4.78, 5) is 12.2. The largest absolute Gasteiger partial charge is 0.352 e. The van der Waals surface area contributed by atoms with Gasteiger partial charge in [-0.25, -0.2) is 0 Å². The first-order valence-corrected chi connectivity index (χ1v) is 8.11. The maximum Gasteiger partial charge on any atom is 0.223 e. The molecule has 1 aromatic rings. The summed E-state index contributed by atoms with van der Waals surface area (Å²) in [6.07, 6.45) is 9.62. The third-order valence-electron chi connectivity index (χ3n) is 3.86. The minimum absolute atomic E-state index is 0.154. The zero-order valence-electron chi connectivity index (χ0n) is 13.7. The number of allylic oxidation sites excluding steroid dienone is 2. The van der Waals surface area contributed by atoms with Gasteiger partial charge in [-0.2, -0.15) is 0 Å². The van der Waals surface area contributed by atoms with Gasteiger partial charge in [0, 0.05) is 12.5 Å². The normalized spacial score (nSPS) is 12.5. The van der Waals surface area contributed by atoms with E-state index >= 15 is 0 Å². The maximum absolute atomic E-state index is 12.2. The predicted molar refractivity (Wildman–Crippen MR) is 90.1 cm³/mol. The van der Waals surface area contributed by atoms with Gasteiger partial charge >= 0.3 is 0 Å². The van der Waals surface area contributed by atoms with E-state index in [2.05, 4.69) is 55.6 Å². The van der Waals surface area contributed by atoms with Crippen LogP contribution in [-0.2, 0) is 11.3 Å². The molecule has 1 amide bonds. The molecule has 21 heavy (non-hydrogen) atoms. The molecular weight excluding hydrogens is 258 g/mol. The van der Waals surface area contributed by atoms with Gasteiger partial charge in [-0.1, -0.05) is 55.3 Å². The Morgan fingerprint density at radius 1 is 1.24 bits per heavy atom. The van der Waals surface area contributed by atoms with Gasteiger partial charge in [0.05, 0.1) is 0 Å². The minimum Gasteiger partial charge on any atom is -0.352 e. The molecule has 0 aromatic heterocycles. The van der Waals surface area contributed by atoms with Crippen molar-refractivity contribution in [1.29, 1.82) is 0 Å². The number of hydrogen-bond donors (Lipinski definition) is 1. The highest BCUT2D eigenvalue weighted by atomic mass is 16.1. The molecule has 0 aliphatic heterocycles. The molecule has 1 atom stereocenters. The fraction of sp³-hybridized carbons (Fsp3) is 0.526. The zero-order chi connectivity index (χ0) is 15.5. The third-order valence-corrected chi connectivity index (χ3v) is 3.86. The standard InChI is InChI=1S/C19H29NO/c1-4-6-7-8-9-10-18(5-2)19(21)20-15-17-13-11-16(3)12-14-17/h4,6,11-14,18H,5,7-10,15H2,1-3H3,(H,20,21). The molecule has 0 heterocycles. The van der Waals surface area contributed by atoms with Crippen molar-refractivity contribution in [3.8, 4) is 0 Å². The van der Waals surface area contributed by atoms with Crippen molar-refractivity contribution in [1.82, 2.24) is 5.32 Å². The van der Waals surface area contributed by atoms with Crippen molar-refractivity contribution in [2.24, 2.45) is 5.92 Å². The van der Waals surface area contributed by atoms with Crippen molar-refractivity contribution < 1.29 is 4.79 Å². The van der Waals surface area contributed by atoms with Crippen LogP contribution in [0.4, 0.5) is 0 Å². The van der Waals surface area contributed by atoms with Crippen LogP contribution < -0.4 is 5.32 Å². The van der Waals surface area contributed by atoms with Gasteiger partial charge in [-0.05, 0) is 45.1 Å². The summed E-state index contributed by atoms with van der Waals surface area (Å²) in [5, 5.41) is 3.07. The molecule has 0 saturated heterocycles. The van der Waals surface area contributed by atoms with Crippen molar-refractivity contribution in [2.45, 2.75) is 59.4 Å². The minimum atomic E-state index is 0.154. The second-order valence-corrected chi connectivity index (χ2v) is 5.66. The Labute approximate surface area is 129 Å². The summed E-state index contributed by atoms with van der Waals surface area (Å²) in [5.41, 5.74) is 2.41. The number of hydrogen-bond acceptors (Lipinski definition) is 1. The van der Waals surface area contributed by atoms with Crippen LogP contribution in [0.5, 0.6) is 0 Å². The highest BCUT2D eigenvalue weighted by molar-refractivity contribution is 5.78. The number of nitrogens with one attached hydrogen (secondary N) is 1. The van der Waals surface area contributed by atoms with Crippen molar-refractivity contribution in [2.75, 3.05) is 0 Å². The topological polar surface area (TPSA) is 29.1 Å². The van der Waals surface area contributed by atoms with E-state index < -0.39 is 0 Å². The first-order chi connectivity index (χ1) is 10.2. The lowest BCUT2D eigenvalue weighted by atomic mass is 9.97. The Morgan fingerprint density at radius 2 is 1.95 bits per heavy atom. The lowest BCUT2D eigenvalue weighted by Gasteiger charge is -2.15. The number of benzene rings is 1. The van der Waals surface area contributed by atoms with Gasteiger partial charge < -0.3 is 5.32 Å². The Bertz CT molecular complexity index is 433. The predicted octanol–water partition coefficient (Wildman–Crippen LogP) is 4.77. The lowest BCUT2D eigenvalue weighted by Crippen LogP contribution is -2.30. The van der Waals surface area contributed by atoms with Crippen LogP contribution in [0.2, 0.25) is 0 Å². The van der Waals surface area contributed by atoms with Gasteiger partial charge in [0.2, 0.25) is 5.91 Å². The molecule has 2 nitrogen and oxygen atoms in total. The molecule has 0 radical (unpaired) electrons. The average molecular weight is 287 g/mol. The molecule has 116 valence electrons. The van der Waals surface area contributed by atoms with Gasteiger partial charge in [0.25, 0.3) is 0 Å². The Morgan fingerprint density at radius 3 is 2.57 bits per heavy atom. The number of rotatable bonds is 9. The number of amides is 1. The molecule has 0 fully saturated rings. The zero-order valence-corrected chi connectivity index (χ0v) is 13.7. The summed E-state index contributed by atoms with van der Waals surface area (Å²) < 4.78 is 0. The van der Waals surface area contributed by atoms with Gasteiger partial charge in [-0.15, -0.1) is 0 Å². The Hall–Kier alpha value is -1.57. The van der Waals surface area contributed by atoms with Crippen LogP contribution in [0.3, 0.4) is 0 Å². The Kier molecular flexibility index (Phi) is 8.49. The van der Waals surface area contributed by atoms with E-state index in [1.165, 1.54) is 12.0 Å². The molecule has 1 unspecified atom stereocenters. The first kappa shape index (κ1) is 17.5. The number of unbranched alkanes of at least 4 members (excludes halogenated alkanes) is 2. The second kappa shape index (κ2) is 10.2. The van der Waals surface area contributed by atoms with E-state index in [4.69, 9.17) is 0 Å². The van der Waals surface area contributed by atoms with E-state index in [-0.39, 0.29) is 11.8 Å². The molecular formula is C19H29NO. The molecule has 0 spiro atoms.